The maximum atomic E-state index is 9.57. The summed E-state index contributed by atoms with van der Waals surface area (Å²) < 4.78 is 23.4. The van der Waals surface area contributed by atoms with Gasteiger partial charge in [0.05, 0.1) is 37.3 Å². The number of hydrogen-bond acceptors (Lipinski definition) is 8. The van der Waals surface area contributed by atoms with Crippen molar-refractivity contribution >= 4 is 0 Å². The fraction of sp³-hybridized carbons (Fsp3) is 0.143. The largest absolute Gasteiger partial charge is 0.491 e. The molecule has 0 atom stereocenters. The number of hydrogen-bond donors (Lipinski definition) is 4. The monoisotopic (exact) mass is 1030 g/mol. The van der Waals surface area contributed by atoms with Crippen LogP contribution in [0.5, 0.6) is 23.0 Å². The molecule has 0 radical (unpaired) electrons. The van der Waals surface area contributed by atoms with Crippen molar-refractivity contribution in [3.8, 4) is 67.5 Å². The van der Waals surface area contributed by atoms with E-state index in [1.807, 2.05) is 72.8 Å². The minimum absolute atomic E-state index is 0.0167. The number of aliphatic hydroxyl groups excluding tert-OH is 4. The van der Waals surface area contributed by atoms with Crippen LogP contribution < -0.4 is 18.9 Å². The van der Waals surface area contributed by atoms with Gasteiger partial charge in [-0.05, 0) is 126 Å². The van der Waals surface area contributed by atoms with Crippen LogP contribution in [0.4, 0.5) is 0 Å². The highest BCUT2D eigenvalue weighted by atomic mass is 16.5. The van der Waals surface area contributed by atoms with Crippen molar-refractivity contribution in [3.05, 3.63) is 287 Å². The van der Waals surface area contributed by atoms with Crippen molar-refractivity contribution in [2.24, 2.45) is 0 Å². The second-order valence-corrected chi connectivity index (χ2v) is 19.2. The molecule has 388 valence electrons. The molecule has 0 spiro atoms. The normalized spacial score (nSPS) is 13.0. The first-order valence-electron chi connectivity index (χ1n) is 26.5. The molecule has 0 heterocycles. The molecule has 0 bridgehead atoms. The van der Waals surface area contributed by atoms with Crippen LogP contribution in [0.2, 0.25) is 0 Å². The Hall–Kier alpha value is -8.76. The van der Waals surface area contributed by atoms with Gasteiger partial charge in [0.1, 0.15) is 49.4 Å². The molecule has 8 nitrogen and oxygen atoms in total. The summed E-state index contributed by atoms with van der Waals surface area (Å²) in [6, 6.07) is 84.3. The summed E-state index contributed by atoms with van der Waals surface area (Å²) in [5, 5.41) is 37.3. The van der Waals surface area contributed by atoms with Gasteiger partial charge in [-0.2, -0.15) is 0 Å². The highest BCUT2D eigenvalue weighted by Crippen LogP contribution is 2.59. The molecule has 4 N–H and O–H groups in total. The minimum atomic E-state index is -0.648. The lowest BCUT2D eigenvalue weighted by atomic mass is 9.67. The van der Waals surface area contributed by atoms with E-state index in [0.717, 1.165) is 67.5 Å². The lowest BCUT2D eigenvalue weighted by Crippen LogP contribution is -2.29. The Morgan fingerprint density at radius 1 is 0.256 bits per heavy atom. The first-order chi connectivity index (χ1) is 38.5. The number of fused-ring (bicyclic) bond motifs is 6. The molecular weight excluding hydrogens is 969 g/mol. The summed E-state index contributed by atoms with van der Waals surface area (Å²) in [6.45, 7) is 0.809. The Balaban J connectivity index is 0.000000174. The Morgan fingerprint density at radius 3 is 0.872 bits per heavy atom. The van der Waals surface area contributed by atoms with Gasteiger partial charge in [0.25, 0.3) is 0 Å². The van der Waals surface area contributed by atoms with Gasteiger partial charge in [-0.25, -0.2) is 0 Å². The predicted molar refractivity (Wildman–Crippen MR) is 309 cm³/mol. The van der Waals surface area contributed by atoms with Gasteiger partial charge in [0.15, 0.2) is 0 Å². The molecule has 0 fully saturated rings. The third kappa shape index (κ3) is 9.39. The van der Waals surface area contributed by atoms with E-state index in [-0.39, 0.29) is 52.9 Å². The van der Waals surface area contributed by atoms with Crippen molar-refractivity contribution in [1.82, 2.24) is 0 Å². The molecule has 78 heavy (non-hydrogen) atoms. The summed E-state index contributed by atoms with van der Waals surface area (Å²) in [4.78, 5) is 0. The van der Waals surface area contributed by atoms with Gasteiger partial charge in [0, 0.05) is 11.1 Å². The average Bonchev–Trinajstić information content (AvgIpc) is 4.15. The molecule has 12 rings (SSSR count). The second-order valence-electron chi connectivity index (χ2n) is 19.2. The second kappa shape index (κ2) is 23.2. The third-order valence-corrected chi connectivity index (χ3v) is 14.9. The smallest absolute Gasteiger partial charge is 0.127 e. The van der Waals surface area contributed by atoms with Crippen molar-refractivity contribution < 1.29 is 39.4 Å². The summed E-state index contributed by atoms with van der Waals surface area (Å²) in [5.74, 6) is 2.92. The number of benzene rings is 10. The van der Waals surface area contributed by atoms with Crippen molar-refractivity contribution in [2.75, 3.05) is 52.9 Å². The zero-order chi connectivity index (χ0) is 53.3. The fourth-order valence-electron chi connectivity index (χ4n) is 11.8. The molecule has 8 heteroatoms. The molecule has 10 aromatic carbocycles. The van der Waals surface area contributed by atoms with Gasteiger partial charge >= 0.3 is 0 Å². The predicted octanol–water partition coefficient (Wildman–Crippen LogP) is 12.9. The van der Waals surface area contributed by atoms with E-state index in [4.69, 9.17) is 29.2 Å². The first-order valence-corrected chi connectivity index (χ1v) is 26.5. The van der Waals surface area contributed by atoms with Crippen LogP contribution in [0.15, 0.2) is 243 Å². The maximum absolute atomic E-state index is 9.57. The van der Waals surface area contributed by atoms with Crippen LogP contribution in [0.25, 0.3) is 44.5 Å². The first kappa shape index (κ1) is 51.4. The zero-order valence-electron chi connectivity index (χ0n) is 43.2. The van der Waals surface area contributed by atoms with E-state index in [2.05, 4.69) is 170 Å². The van der Waals surface area contributed by atoms with E-state index < -0.39 is 10.8 Å². The molecule has 0 amide bonds. The van der Waals surface area contributed by atoms with Crippen LogP contribution >= 0.6 is 0 Å². The van der Waals surface area contributed by atoms with Gasteiger partial charge in [0.2, 0.25) is 0 Å². The summed E-state index contributed by atoms with van der Waals surface area (Å²) in [6.07, 6.45) is 0. The molecular formula is C70H60O8. The van der Waals surface area contributed by atoms with E-state index in [1.54, 1.807) is 0 Å². The number of rotatable bonds is 18. The van der Waals surface area contributed by atoms with Gasteiger partial charge < -0.3 is 39.4 Å². The topological polar surface area (TPSA) is 118 Å². The van der Waals surface area contributed by atoms with E-state index >= 15 is 0 Å². The van der Waals surface area contributed by atoms with E-state index in [0.29, 0.717) is 0 Å². The molecule has 2 aliphatic carbocycles. The third-order valence-electron chi connectivity index (χ3n) is 14.9. The molecule has 0 aliphatic heterocycles. The summed E-state index contributed by atoms with van der Waals surface area (Å²) >= 11 is 0. The van der Waals surface area contributed by atoms with Crippen LogP contribution in [0.1, 0.15) is 44.5 Å². The Morgan fingerprint density at radius 2 is 0.538 bits per heavy atom. The Labute approximate surface area is 455 Å². The van der Waals surface area contributed by atoms with Gasteiger partial charge in [-0.3, -0.25) is 0 Å². The van der Waals surface area contributed by atoms with E-state index in [9.17, 15) is 10.2 Å². The summed E-state index contributed by atoms with van der Waals surface area (Å²) in [7, 11) is 0. The van der Waals surface area contributed by atoms with Crippen LogP contribution in [0, 0.1) is 0 Å². The van der Waals surface area contributed by atoms with Crippen LogP contribution in [-0.4, -0.2) is 73.3 Å². The lowest BCUT2D eigenvalue weighted by Gasteiger charge is -2.35. The highest BCUT2D eigenvalue weighted by molar-refractivity contribution is 5.89. The standard InChI is InChI=1S/C41H34O4.C29H26O4/c42-23-25-44-39-21-19-31(27-35(39)29-11-3-1-4-12-29)41(37-17-9-7-15-33(37)34-16-8-10-18-38(34)41)32-20-22-40(45-26-24-43)36(28-32)30-13-5-2-6-14-30;30-17-19-32-23-13-9-21(10-14-23)29(22-11-15-24(16-12-22)33-20-18-31)27-7-3-1-5-25(27)26-6-2-4-8-28(26)29/h1-22,27-28,42-43H,23-26H2;1-16,30-31H,17-20H2. The van der Waals surface area contributed by atoms with Crippen molar-refractivity contribution in [3.63, 3.8) is 0 Å². The number of aliphatic hydroxyl groups is 4. The minimum Gasteiger partial charge on any atom is -0.491 e. The fourth-order valence-corrected chi connectivity index (χ4v) is 11.8. The zero-order valence-corrected chi connectivity index (χ0v) is 43.2. The molecule has 2 aliphatic rings. The Kier molecular flexibility index (Phi) is 15.3. The SMILES string of the molecule is OCCOc1ccc(C2(c3ccc(OCCO)c(-c4ccccc4)c3)c3ccccc3-c3ccccc32)cc1-c1ccccc1.OCCOc1ccc(C2(c3ccc(OCCO)cc3)c3ccccc3-c3ccccc32)cc1. The highest BCUT2D eigenvalue weighted by Gasteiger charge is 2.48. The molecule has 0 unspecified atom stereocenters. The van der Waals surface area contributed by atoms with Crippen LogP contribution in [0.3, 0.4) is 0 Å². The van der Waals surface area contributed by atoms with E-state index in [1.165, 1.54) is 44.5 Å². The maximum Gasteiger partial charge on any atom is 0.127 e. The van der Waals surface area contributed by atoms with Gasteiger partial charge in [-0.15, -0.1) is 0 Å². The summed E-state index contributed by atoms with van der Waals surface area (Å²) in [5.41, 5.74) is 17.1. The van der Waals surface area contributed by atoms with Crippen LogP contribution in [-0.2, 0) is 10.8 Å². The average molecular weight is 1030 g/mol. The molecule has 0 aromatic heterocycles. The van der Waals surface area contributed by atoms with Crippen molar-refractivity contribution in [1.29, 1.82) is 0 Å². The lowest BCUT2D eigenvalue weighted by molar-refractivity contribution is 0.201. The van der Waals surface area contributed by atoms with Gasteiger partial charge in [-0.1, -0.05) is 194 Å². The Bertz CT molecular complexity index is 3390. The molecule has 0 saturated heterocycles. The van der Waals surface area contributed by atoms with Crippen molar-refractivity contribution in [2.45, 2.75) is 10.8 Å². The molecule has 0 saturated carbocycles. The quantitative estimate of drug-likeness (QED) is 0.0671. The molecule has 10 aromatic rings. The number of ether oxygens (including phenoxy) is 4.